The van der Waals surface area contributed by atoms with Gasteiger partial charge in [0.1, 0.15) is 5.75 Å². The number of hydrogen-bond acceptors (Lipinski definition) is 5. The van der Waals surface area contributed by atoms with E-state index in [4.69, 9.17) is 16.3 Å². The summed E-state index contributed by atoms with van der Waals surface area (Å²) in [7, 11) is 1.47. The smallest absolute Gasteiger partial charge is 0.416 e. The second-order valence-electron chi connectivity index (χ2n) is 5.93. The Morgan fingerprint density at radius 2 is 2.03 bits per heavy atom. The molecule has 0 atom stereocenters. The van der Waals surface area contributed by atoms with Gasteiger partial charge in [-0.15, -0.1) is 10.2 Å². The number of rotatable bonds is 6. The minimum absolute atomic E-state index is 0.00799. The number of nitrogens with one attached hydrogen (secondary N) is 1. The first-order valence-corrected chi connectivity index (χ1v) is 8.73. The van der Waals surface area contributed by atoms with Crippen molar-refractivity contribution < 1.29 is 22.7 Å². The third-order valence-electron chi connectivity index (χ3n) is 3.88. The van der Waals surface area contributed by atoms with Crippen molar-refractivity contribution in [3.63, 3.8) is 0 Å². The molecule has 1 N–H and O–H groups in total. The van der Waals surface area contributed by atoms with Crippen molar-refractivity contribution in [2.75, 3.05) is 12.4 Å². The summed E-state index contributed by atoms with van der Waals surface area (Å²) in [6, 6.07) is 9.43. The average molecular weight is 426 g/mol. The number of anilines is 1. The highest BCUT2D eigenvalue weighted by Gasteiger charge is 2.30. The Hall–Kier alpha value is -3.14. The van der Waals surface area contributed by atoms with Crippen molar-refractivity contribution in [3.05, 3.63) is 53.1 Å². The SMILES string of the molecule is COc1ccc(Cl)cc1NC(=O)CCn1nnc(-c2cccc(C(F)(F)F)c2)n1. The normalized spacial score (nSPS) is 11.3. The Bertz CT molecular complexity index is 1020. The monoisotopic (exact) mass is 425 g/mol. The number of benzene rings is 2. The summed E-state index contributed by atoms with van der Waals surface area (Å²) in [6.45, 7) is 0.0840. The maximum absolute atomic E-state index is 12.8. The second kappa shape index (κ2) is 8.48. The van der Waals surface area contributed by atoms with Crippen LogP contribution in [0.5, 0.6) is 5.75 Å². The Balaban J connectivity index is 1.64. The lowest BCUT2D eigenvalue weighted by Crippen LogP contribution is -2.16. The molecule has 29 heavy (non-hydrogen) atoms. The number of ether oxygens (including phenoxy) is 1. The fourth-order valence-corrected chi connectivity index (χ4v) is 2.65. The largest absolute Gasteiger partial charge is 0.495 e. The summed E-state index contributed by atoms with van der Waals surface area (Å²) in [5, 5.41) is 14.7. The third kappa shape index (κ3) is 5.23. The lowest BCUT2D eigenvalue weighted by atomic mass is 10.1. The molecule has 0 unspecified atom stereocenters. The van der Waals surface area contributed by atoms with Gasteiger partial charge in [-0.2, -0.15) is 18.0 Å². The molecular weight excluding hydrogens is 411 g/mol. The summed E-state index contributed by atoms with van der Waals surface area (Å²) in [4.78, 5) is 13.3. The Kier molecular flexibility index (Phi) is 6.02. The lowest BCUT2D eigenvalue weighted by Gasteiger charge is -2.10. The predicted molar refractivity (Wildman–Crippen MR) is 99.5 cm³/mol. The molecule has 0 aliphatic rings. The van der Waals surface area contributed by atoms with E-state index < -0.39 is 11.7 Å². The molecular formula is C18H15ClF3N5O2. The molecule has 0 saturated heterocycles. The van der Waals surface area contributed by atoms with E-state index in [1.54, 1.807) is 18.2 Å². The quantitative estimate of drug-likeness (QED) is 0.644. The highest BCUT2D eigenvalue weighted by Crippen LogP contribution is 2.31. The Morgan fingerprint density at radius 1 is 1.24 bits per heavy atom. The number of aryl methyl sites for hydroxylation is 1. The minimum Gasteiger partial charge on any atom is -0.495 e. The van der Waals surface area contributed by atoms with Crippen molar-refractivity contribution in [2.24, 2.45) is 0 Å². The van der Waals surface area contributed by atoms with Crippen LogP contribution in [0.1, 0.15) is 12.0 Å². The van der Waals surface area contributed by atoms with E-state index in [0.717, 1.165) is 16.9 Å². The van der Waals surface area contributed by atoms with Crippen LogP contribution in [0.15, 0.2) is 42.5 Å². The standard InChI is InChI=1S/C18H15ClF3N5O2/c1-29-15-6-5-13(19)10-14(15)23-16(28)7-8-27-25-17(24-26-27)11-3-2-4-12(9-11)18(20,21)22/h2-6,9-10H,7-8H2,1H3,(H,23,28). The van der Waals surface area contributed by atoms with Crippen LogP contribution in [0.2, 0.25) is 5.02 Å². The number of aromatic nitrogens is 4. The van der Waals surface area contributed by atoms with Gasteiger partial charge in [-0.25, -0.2) is 0 Å². The van der Waals surface area contributed by atoms with Gasteiger partial charge >= 0.3 is 6.18 Å². The molecule has 7 nitrogen and oxygen atoms in total. The first kappa shape index (κ1) is 20.6. The highest BCUT2D eigenvalue weighted by atomic mass is 35.5. The zero-order valence-corrected chi connectivity index (χ0v) is 15.8. The molecule has 152 valence electrons. The topological polar surface area (TPSA) is 81.9 Å². The number of alkyl halides is 3. The van der Waals surface area contributed by atoms with E-state index in [2.05, 4.69) is 20.7 Å². The summed E-state index contributed by atoms with van der Waals surface area (Å²) in [5.41, 5.74) is -0.207. The molecule has 0 spiro atoms. The molecule has 2 aromatic carbocycles. The summed E-state index contributed by atoms with van der Waals surface area (Å²) < 4.78 is 43.7. The number of carbonyl (C=O) groups is 1. The van der Waals surface area contributed by atoms with Gasteiger partial charge in [-0.3, -0.25) is 4.79 Å². The Morgan fingerprint density at radius 3 is 2.76 bits per heavy atom. The van der Waals surface area contributed by atoms with Gasteiger partial charge < -0.3 is 10.1 Å². The summed E-state index contributed by atoms with van der Waals surface area (Å²) in [6.07, 6.45) is -4.46. The van der Waals surface area contributed by atoms with Crippen LogP contribution in [-0.2, 0) is 17.5 Å². The molecule has 0 bridgehead atoms. The molecule has 0 aliphatic heterocycles. The number of halogens is 4. The van der Waals surface area contributed by atoms with E-state index in [-0.39, 0.29) is 30.3 Å². The number of hydrogen-bond donors (Lipinski definition) is 1. The second-order valence-corrected chi connectivity index (χ2v) is 6.37. The zero-order valence-electron chi connectivity index (χ0n) is 15.1. The molecule has 3 rings (SSSR count). The van der Waals surface area contributed by atoms with Crippen LogP contribution in [-0.4, -0.2) is 33.2 Å². The van der Waals surface area contributed by atoms with Gasteiger partial charge in [-0.05, 0) is 35.5 Å². The van der Waals surface area contributed by atoms with E-state index >= 15 is 0 Å². The van der Waals surface area contributed by atoms with Gasteiger partial charge in [0, 0.05) is 17.0 Å². The Labute approximate surface area is 168 Å². The zero-order chi connectivity index (χ0) is 21.0. The van der Waals surface area contributed by atoms with E-state index in [1.807, 2.05) is 0 Å². The van der Waals surface area contributed by atoms with Crippen LogP contribution in [0.4, 0.5) is 18.9 Å². The maximum atomic E-state index is 12.8. The molecule has 11 heteroatoms. The van der Waals surface area contributed by atoms with Crippen molar-refractivity contribution in [2.45, 2.75) is 19.1 Å². The maximum Gasteiger partial charge on any atom is 0.416 e. The highest BCUT2D eigenvalue weighted by molar-refractivity contribution is 6.31. The molecule has 0 radical (unpaired) electrons. The average Bonchev–Trinajstić information content (AvgIpc) is 3.15. The number of amides is 1. The summed E-state index contributed by atoms with van der Waals surface area (Å²) >= 11 is 5.92. The minimum atomic E-state index is -4.47. The molecule has 1 heterocycles. The van der Waals surface area contributed by atoms with Crippen molar-refractivity contribution in [3.8, 4) is 17.1 Å². The van der Waals surface area contributed by atoms with Crippen molar-refractivity contribution >= 4 is 23.2 Å². The molecule has 1 aromatic heterocycles. The van der Waals surface area contributed by atoms with E-state index in [9.17, 15) is 18.0 Å². The first-order valence-electron chi connectivity index (χ1n) is 8.35. The molecule has 3 aromatic rings. The van der Waals surface area contributed by atoms with Gasteiger partial charge in [-0.1, -0.05) is 23.7 Å². The molecule has 1 amide bonds. The van der Waals surface area contributed by atoms with Crippen LogP contribution < -0.4 is 10.1 Å². The van der Waals surface area contributed by atoms with E-state index in [1.165, 1.54) is 19.2 Å². The lowest BCUT2D eigenvalue weighted by molar-refractivity contribution is -0.137. The van der Waals surface area contributed by atoms with Crippen molar-refractivity contribution in [1.82, 2.24) is 20.2 Å². The van der Waals surface area contributed by atoms with Crippen LogP contribution in [0.25, 0.3) is 11.4 Å². The van der Waals surface area contributed by atoms with Crippen LogP contribution in [0, 0.1) is 0 Å². The third-order valence-corrected chi connectivity index (χ3v) is 4.11. The van der Waals surface area contributed by atoms with Gasteiger partial charge in [0.15, 0.2) is 0 Å². The molecule has 0 saturated carbocycles. The molecule has 0 aliphatic carbocycles. The van der Waals surface area contributed by atoms with Gasteiger partial charge in [0.2, 0.25) is 11.7 Å². The fraction of sp³-hybridized carbons (Fsp3) is 0.222. The molecule has 0 fully saturated rings. The van der Waals surface area contributed by atoms with Gasteiger partial charge in [0.25, 0.3) is 0 Å². The van der Waals surface area contributed by atoms with Gasteiger partial charge in [0.05, 0.1) is 24.9 Å². The first-order chi connectivity index (χ1) is 13.8. The van der Waals surface area contributed by atoms with Crippen LogP contribution in [0.3, 0.4) is 0 Å². The summed E-state index contributed by atoms with van der Waals surface area (Å²) in [5.74, 6) is 0.143. The number of methoxy groups -OCH3 is 1. The van der Waals surface area contributed by atoms with Crippen LogP contribution >= 0.6 is 11.6 Å². The number of tetrazole rings is 1. The number of carbonyl (C=O) groups excluding carboxylic acids is 1. The predicted octanol–water partition coefficient (Wildman–Crippen LogP) is 4.05. The number of nitrogens with zero attached hydrogens (tertiary/aromatic N) is 4. The van der Waals surface area contributed by atoms with Crippen molar-refractivity contribution in [1.29, 1.82) is 0 Å². The fourth-order valence-electron chi connectivity index (χ4n) is 2.48. The van der Waals surface area contributed by atoms with E-state index in [0.29, 0.717) is 16.5 Å².